The molecule has 0 atom stereocenters. The summed E-state index contributed by atoms with van der Waals surface area (Å²) in [6, 6.07) is 3.36. The highest BCUT2D eigenvalue weighted by atomic mass is 19.4. The summed E-state index contributed by atoms with van der Waals surface area (Å²) < 4.78 is 43.5. The largest absolute Gasteiger partial charge is 0.497 e. The van der Waals surface area contributed by atoms with E-state index in [4.69, 9.17) is 4.74 Å². The third-order valence-corrected chi connectivity index (χ3v) is 2.46. The van der Waals surface area contributed by atoms with Gasteiger partial charge in [0.05, 0.1) is 12.7 Å². The van der Waals surface area contributed by atoms with Gasteiger partial charge in [-0.3, -0.25) is 4.79 Å². The standard InChI is InChI=1S/C13H15F3O2/c1-12(2,3)11(17)9-6-5-8(18-4)7-10(9)13(14,15)16/h5-7H,1-4H3. The Morgan fingerprint density at radius 1 is 1.17 bits per heavy atom. The molecule has 100 valence electrons. The van der Waals surface area contributed by atoms with E-state index in [-0.39, 0.29) is 11.3 Å². The molecule has 2 nitrogen and oxygen atoms in total. The molecule has 0 fully saturated rings. The molecule has 0 bridgehead atoms. The summed E-state index contributed by atoms with van der Waals surface area (Å²) in [4.78, 5) is 12.0. The number of rotatable bonds is 2. The zero-order valence-electron chi connectivity index (χ0n) is 10.7. The number of hydrogen-bond acceptors (Lipinski definition) is 2. The van der Waals surface area contributed by atoms with Crippen molar-refractivity contribution in [1.82, 2.24) is 0 Å². The first-order valence-electron chi connectivity index (χ1n) is 5.37. The van der Waals surface area contributed by atoms with Crippen molar-refractivity contribution in [2.45, 2.75) is 26.9 Å². The van der Waals surface area contributed by atoms with E-state index in [1.165, 1.54) is 13.2 Å². The summed E-state index contributed by atoms with van der Waals surface area (Å²) in [5.41, 5.74) is -2.15. The lowest BCUT2D eigenvalue weighted by molar-refractivity contribution is -0.138. The van der Waals surface area contributed by atoms with Crippen molar-refractivity contribution in [2.75, 3.05) is 7.11 Å². The van der Waals surface area contributed by atoms with Crippen LogP contribution in [0.15, 0.2) is 18.2 Å². The quantitative estimate of drug-likeness (QED) is 0.753. The Hall–Kier alpha value is -1.52. The van der Waals surface area contributed by atoms with E-state index in [1.807, 2.05) is 0 Å². The molecule has 0 amide bonds. The molecule has 0 spiro atoms. The Morgan fingerprint density at radius 2 is 1.72 bits per heavy atom. The summed E-state index contributed by atoms with van der Waals surface area (Å²) in [6.07, 6.45) is -4.58. The Balaban J connectivity index is 3.41. The number of alkyl halides is 3. The molecule has 5 heteroatoms. The molecule has 1 aromatic rings. The SMILES string of the molecule is COc1ccc(C(=O)C(C)(C)C)c(C(F)(F)F)c1. The van der Waals surface area contributed by atoms with E-state index in [2.05, 4.69) is 0 Å². The minimum Gasteiger partial charge on any atom is -0.497 e. The molecule has 18 heavy (non-hydrogen) atoms. The van der Waals surface area contributed by atoms with Gasteiger partial charge >= 0.3 is 6.18 Å². The van der Waals surface area contributed by atoms with Gasteiger partial charge in [-0.25, -0.2) is 0 Å². The van der Waals surface area contributed by atoms with Gasteiger partial charge in [-0.15, -0.1) is 0 Å². The van der Waals surface area contributed by atoms with Gasteiger partial charge in [0.1, 0.15) is 5.75 Å². The van der Waals surface area contributed by atoms with Crippen LogP contribution in [0.1, 0.15) is 36.7 Å². The lowest BCUT2D eigenvalue weighted by atomic mass is 9.84. The highest BCUT2D eigenvalue weighted by Crippen LogP contribution is 2.36. The molecular formula is C13H15F3O2. The van der Waals surface area contributed by atoms with Crippen molar-refractivity contribution in [1.29, 1.82) is 0 Å². The number of carbonyl (C=O) groups is 1. The lowest BCUT2D eigenvalue weighted by Gasteiger charge is -2.20. The number of carbonyl (C=O) groups excluding carboxylic acids is 1. The molecule has 0 aliphatic heterocycles. The Labute approximate surface area is 104 Å². The first kappa shape index (κ1) is 14.5. The van der Waals surface area contributed by atoms with Gasteiger partial charge in [0.15, 0.2) is 5.78 Å². The molecule has 0 radical (unpaired) electrons. The molecule has 0 saturated carbocycles. The number of ether oxygens (including phenoxy) is 1. The molecule has 0 N–H and O–H groups in total. The number of benzene rings is 1. The summed E-state index contributed by atoms with van der Waals surface area (Å²) in [7, 11) is 1.28. The second-order valence-corrected chi connectivity index (χ2v) is 4.99. The third kappa shape index (κ3) is 3.03. The van der Waals surface area contributed by atoms with Crippen LogP contribution in [0.4, 0.5) is 13.2 Å². The highest BCUT2D eigenvalue weighted by molar-refractivity contribution is 6.01. The molecule has 1 aromatic carbocycles. The van der Waals surface area contributed by atoms with Crippen LogP contribution < -0.4 is 4.74 Å². The molecule has 0 aliphatic rings. The van der Waals surface area contributed by atoms with Crippen molar-refractivity contribution >= 4 is 5.78 Å². The number of hydrogen-bond donors (Lipinski definition) is 0. The Kier molecular flexibility index (Phi) is 3.74. The molecule has 0 aromatic heterocycles. The zero-order chi connectivity index (χ0) is 14.1. The predicted octanol–water partition coefficient (Wildman–Crippen LogP) is 3.94. The number of methoxy groups -OCH3 is 1. The van der Waals surface area contributed by atoms with Crippen LogP contribution in [-0.4, -0.2) is 12.9 Å². The van der Waals surface area contributed by atoms with Crippen LogP contribution in [0.3, 0.4) is 0 Å². The topological polar surface area (TPSA) is 26.3 Å². The predicted molar refractivity (Wildman–Crippen MR) is 61.8 cm³/mol. The van der Waals surface area contributed by atoms with Crippen molar-refractivity contribution in [3.8, 4) is 5.75 Å². The van der Waals surface area contributed by atoms with Crippen LogP contribution in [0, 0.1) is 5.41 Å². The van der Waals surface area contributed by atoms with E-state index in [0.29, 0.717) is 0 Å². The van der Waals surface area contributed by atoms with Gasteiger partial charge in [0.2, 0.25) is 0 Å². The third-order valence-electron chi connectivity index (χ3n) is 2.46. The van der Waals surface area contributed by atoms with Crippen LogP contribution in [0.5, 0.6) is 5.75 Å². The van der Waals surface area contributed by atoms with Crippen LogP contribution in [-0.2, 0) is 6.18 Å². The first-order valence-corrected chi connectivity index (χ1v) is 5.37. The summed E-state index contributed by atoms with van der Waals surface area (Å²) in [5, 5.41) is 0. The van der Waals surface area contributed by atoms with Crippen molar-refractivity contribution in [3.05, 3.63) is 29.3 Å². The maximum atomic E-state index is 12.9. The second-order valence-electron chi connectivity index (χ2n) is 4.99. The lowest BCUT2D eigenvalue weighted by Crippen LogP contribution is -2.24. The fourth-order valence-corrected chi connectivity index (χ4v) is 1.49. The van der Waals surface area contributed by atoms with Crippen LogP contribution in [0.25, 0.3) is 0 Å². The fraction of sp³-hybridized carbons (Fsp3) is 0.462. The van der Waals surface area contributed by atoms with Gasteiger partial charge < -0.3 is 4.74 Å². The number of Topliss-reactive ketones (excluding diaryl/α,β-unsaturated/α-hetero) is 1. The first-order chi connectivity index (χ1) is 8.07. The monoisotopic (exact) mass is 260 g/mol. The molecular weight excluding hydrogens is 245 g/mol. The van der Waals surface area contributed by atoms with E-state index >= 15 is 0 Å². The van der Waals surface area contributed by atoms with E-state index in [9.17, 15) is 18.0 Å². The van der Waals surface area contributed by atoms with E-state index < -0.39 is 22.9 Å². The van der Waals surface area contributed by atoms with Gasteiger partial charge in [-0.2, -0.15) is 13.2 Å². The van der Waals surface area contributed by atoms with Crippen molar-refractivity contribution in [2.24, 2.45) is 5.41 Å². The van der Waals surface area contributed by atoms with E-state index in [0.717, 1.165) is 12.1 Å². The maximum Gasteiger partial charge on any atom is 0.417 e. The molecule has 0 aliphatic carbocycles. The number of halogens is 3. The summed E-state index contributed by atoms with van der Waals surface area (Å²) in [5.74, 6) is -0.467. The zero-order valence-corrected chi connectivity index (χ0v) is 10.7. The Bertz CT molecular complexity index is 456. The Morgan fingerprint density at radius 3 is 2.11 bits per heavy atom. The fourth-order valence-electron chi connectivity index (χ4n) is 1.49. The highest BCUT2D eigenvalue weighted by Gasteiger charge is 2.37. The van der Waals surface area contributed by atoms with Gasteiger partial charge in [-0.1, -0.05) is 20.8 Å². The van der Waals surface area contributed by atoms with Crippen LogP contribution in [0.2, 0.25) is 0 Å². The minimum atomic E-state index is -4.58. The van der Waals surface area contributed by atoms with Gasteiger partial charge in [0.25, 0.3) is 0 Å². The van der Waals surface area contributed by atoms with Crippen molar-refractivity contribution in [3.63, 3.8) is 0 Å². The van der Waals surface area contributed by atoms with Gasteiger partial charge in [0, 0.05) is 11.0 Å². The van der Waals surface area contributed by atoms with Gasteiger partial charge in [-0.05, 0) is 18.2 Å². The summed E-state index contributed by atoms with van der Waals surface area (Å²) >= 11 is 0. The number of ketones is 1. The average Bonchev–Trinajstić information content (AvgIpc) is 2.24. The smallest absolute Gasteiger partial charge is 0.417 e. The molecule has 1 rings (SSSR count). The molecule has 0 heterocycles. The van der Waals surface area contributed by atoms with Crippen LogP contribution >= 0.6 is 0 Å². The molecule has 0 unspecified atom stereocenters. The van der Waals surface area contributed by atoms with Crippen molar-refractivity contribution < 1.29 is 22.7 Å². The minimum absolute atomic E-state index is 0.0767. The second kappa shape index (κ2) is 4.63. The normalized spacial score (nSPS) is 12.4. The average molecular weight is 260 g/mol. The summed E-state index contributed by atoms with van der Waals surface area (Å²) in [6.45, 7) is 4.75. The maximum absolute atomic E-state index is 12.9. The molecule has 0 saturated heterocycles. The van der Waals surface area contributed by atoms with E-state index in [1.54, 1.807) is 20.8 Å².